The third-order valence-electron chi connectivity index (χ3n) is 3.35. The van der Waals surface area contributed by atoms with Crippen molar-refractivity contribution in [3.8, 4) is 0 Å². The van der Waals surface area contributed by atoms with Crippen molar-refractivity contribution >= 4 is 24.7 Å². The molecule has 1 fully saturated rings. The van der Waals surface area contributed by atoms with Crippen LogP contribution in [-0.2, 0) is 14.2 Å². The fraction of sp³-hybridized carbons (Fsp3) is 0.500. The lowest BCUT2D eigenvalue weighted by Crippen LogP contribution is -2.54. The van der Waals surface area contributed by atoms with Gasteiger partial charge in [0, 0.05) is 0 Å². The number of rotatable bonds is 6. The standard InChI is InChI=1S/C14H21BN2O5/c1-3-4-5-9(2)13(16)14(20)17-11-7-6-10(8-12(18)19)22-15(11)21/h3-5,10-11,16,21H,6-8H2,1-2H3,(H,17,20)(H,18,19)/b4-3-,9-5+,16-13?/t10-,11-/m0/s1. The number of nitrogens with one attached hydrogen (secondary N) is 2. The number of aliphatic carboxylic acids is 1. The number of hydrogen-bond acceptors (Lipinski definition) is 5. The molecule has 2 atom stereocenters. The van der Waals surface area contributed by atoms with Gasteiger partial charge in [0.2, 0.25) is 0 Å². The zero-order valence-electron chi connectivity index (χ0n) is 12.7. The second-order valence-corrected chi connectivity index (χ2v) is 5.15. The maximum atomic E-state index is 12.0. The molecule has 1 saturated heterocycles. The molecule has 0 unspecified atom stereocenters. The SMILES string of the molecule is C/C=C\C=C(/C)C(=N)C(=O)N[C@H]1CC[C@@H](CC(=O)O)OB1O. The Morgan fingerprint density at radius 1 is 1.45 bits per heavy atom. The Morgan fingerprint density at radius 3 is 2.68 bits per heavy atom. The van der Waals surface area contributed by atoms with E-state index in [-0.39, 0.29) is 12.1 Å². The van der Waals surface area contributed by atoms with E-state index in [2.05, 4.69) is 5.32 Å². The smallest absolute Gasteiger partial charge is 0.478 e. The van der Waals surface area contributed by atoms with Crippen LogP contribution in [0.4, 0.5) is 0 Å². The van der Waals surface area contributed by atoms with Crippen LogP contribution >= 0.6 is 0 Å². The number of amides is 1. The summed E-state index contributed by atoms with van der Waals surface area (Å²) in [5.74, 6) is -2.23. The Morgan fingerprint density at radius 2 is 2.14 bits per heavy atom. The summed E-state index contributed by atoms with van der Waals surface area (Å²) in [6, 6.07) is 0. The molecule has 8 heteroatoms. The van der Waals surface area contributed by atoms with Crippen molar-refractivity contribution in [2.75, 3.05) is 0 Å². The van der Waals surface area contributed by atoms with Crippen LogP contribution in [0.25, 0.3) is 0 Å². The monoisotopic (exact) mass is 308 g/mol. The number of carbonyl (C=O) groups excluding carboxylic acids is 1. The summed E-state index contributed by atoms with van der Waals surface area (Å²) in [4.78, 5) is 22.6. The second kappa shape index (κ2) is 8.50. The summed E-state index contributed by atoms with van der Waals surface area (Å²) in [6.07, 6.45) is 5.25. The highest BCUT2D eigenvalue weighted by molar-refractivity contribution is 6.49. The minimum atomic E-state index is -1.27. The van der Waals surface area contributed by atoms with E-state index in [0.717, 1.165) is 0 Å². The molecule has 0 bridgehead atoms. The Bertz CT molecular complexity index is 503. The number of allylic oxidation sites excluding steroid dienone is 3. The van der Waals surface area contributed by atoms with Crippen LogP contribution in [0.2, 0.25) is 0 Å². The third kappa shape index (κ3) is 5.46. The fourth-order valence-corrected chi connectivity index (χ4v) is 2.10. The van der Waals surface area contributed by atoms with E-state index in [1.807, 2.05) is 6.92 Å². The minimum Gasteiger partial charge on any atom is -0.481 e. The van der Waals surface area contributed by atoms with Crippen LogP contribution in [0, 0.1) is 5.41 Å². The molecule has 0 aliphatic carbocycles. The molecule has 1 heterocycles. The molecule has 120 valence electrons. The normalized spacial score (nSPS) is 22.7. The van der Waals surface area contributed by atoms with Crippen LogP contribution in [0.15, 0.2) is 23.8 Å². The van der Waals surface area contributed by atoms with E-state index in [0.29, 0.717) is 18.4 Å². The Hall–Kier alpha value is -1.93. The summed E-state index contributed by atoms with van der Waals surface area (Å²) >= 11 is 0. The van der Waals surface area contributed by atoms with Gasteiger partial charge in [-0.25, -0.2) is 0 Å². The molecule has 1 aliphatic heterocycles. The van der Waals surface area contributed by atoms with Gasteiger partial charge in [0.25, 0.3) is 5.91 Å². The number of carboxylic acids is 1. The molecule has 0 aromatic rings. The van der Waals surface area contributed by atoms with Gasteiger partial charge >= 0.3 is 13.1 Å². The largest absolute Gasteiger partial charge is 0.481 e. The quantitative estimate of drug-likeness (QED) is 0.327. The highest BCUT2D eigenvalue weighted by Crippen LogP contribution is 2.18. The summed E-state index contributed by atoms with van der Waals surface area (Å²) in [5, 5.41) is 28.9. The van der Waals surface area contributed by atoms with Gasteiger partial charge < -0.3 is 20.1 Å². The van der Waals surface area contributed by atoms with Gasteiger partial charge in [-0.3, -0.25) is 15.0 Å². The summed E-state index contributed by atoms with van der Waals surface area (Å²) in [6.45, 7) is 3.48. The molecule has 1 amide bonds. The van der Waals surface area contributed by atoms with Crippen molar-refractivity contribution < 1.29 is 24.4 Å². The molecule has 4 N–H and O–H groups in total. The number of hydrogen-bond donors (Lipinski definition) is 4. The van der Waals surface area contributed by atoms with Crippen LogP contribution in [0.1, 0.15) is 33.1 Å². The van der Waals surface area contributed by atoms with Crippen LogP contribution in [-0.4, -0.2) is 46.9 Å². The van der Waals surface area contributed by atoms with Crippen molar-refractivity contribution in [2.24, 2.45) is 0 Å². The lowest BCUT2D eigenvalue weighted by molar-refractivity contribution is -0.139. The van der Waals surface area contributed by atoms with E-state index >= 15 is 0 Å². The second-order valence-electron chi connectivity index (χ2n) is 5.15. The van der Waals surface area contributed by atoms with Crippen LogP contribution in [0.3, 0.4) is 0 Å². The van der Waals surface area contributed by atoms with Gasteiger partial charge in [0.15, 0.2) is 0 Å². The predicted octanol–water partition coefficient (Wildman–Crippen LogP) is 0.687. The van der Waals surface area contributed by atoms with Crippen LogP contribution in [0.5, 0.6) is 0 Å². The maximum absolute atomic E-state index is 12.0. The predicted molar refractivity (Wildman–Crippen MR) is 82.6 cm³/mol. The van der Waals surface area contributed by atoms with E-state index in [1.54, 1.807) is 25.2 Å². The molecule has 22 heavy (non-hydrogen) atoms. The van der Waals surface area contributed by atoms with Gasteiger partial charge in [-0.05, 0) is 32.3 Å². The molecule has 0 aromatic heterocycles. The van der Waals surface area contributed by atoms with E-state index in [9.17, 15) is 14.6 Å². The Balaban J connectivity index is 2.55. The zero-order chi connectivity index (χ0) is 16.7. The average molecular weight is 308 g/mol. The molecule has 1 aliphatic rings. The van der Waals surface area contributed by atoms with Crippen molar-refractivity contribution in [3.63, 3.8) is 0 Å². The maximum Gasteiger partial charge on any atom is 0.478 e. The fourth-order valence-electron chi connectivity index (χ4n) is 2.10. The topological polar surface area (TPSA) is 120 Å². The molecule has 0 radical (unpaired) electrons. The van der Waals surface area contributed by atoms with E-state index in [4.69, 9.17) is 15.2 Å². The van der Waals surface area contributed by atoms with Gasteiger partial charge in [-0.15, -0.1) is 0 Å². The van der Waals surface area contributed by atoms with E-state index < -0.39 is 31.0 Å². The minimum absolute atomic E-state index is 0.182. The number of carboxylic acid groups (broad SMARTS) is 1. The van der Waals surface area contributed by atoms with Crippen LogP contribution < -0.4 is 5.32 Å². The van der Waals surface area contributed by atoms with Gasteiger partial charge in [0.1, 0.15) is 5.71 Å². The first-order valence-corrected chi connectivity index (χ1v) is 7.09. The van der Waals surface area contributed by atoms with Gasteiger partial charge in [-0.2, -0.15) is 0 Å². The Labute approximate surface area is 129 Å². The molecule has 1 rings (SSSR count). The summed E-state index contributed by atoms with van der Waals surface area (Å²) in [7, 11) is -1.27. The zero-order valence-corrected chi connectivity index (χ0v) is 12.7. The highest BCUT2D eigenvalue weighted by atomic mass is 16.5. The first-order valence-electron chi connectivity index (χ1n) is 7.09. The first kappa shape index (κ1) is 18.1. The van der Waals surface area contributed by atoms with E-state index in [1.165, 1.54) is 0 Å². The molecule has 0 spiro atoms. The summed E-state index contributed by atoms with van der Waals surface area (Å²) < 4.78 is 5.18. The lowest BCUT2D eigenvalue weighted by Gasteiger charge is -2.30. The van der Waals surface area contributed by atoms with Crippen molar-refractivity contribution in [3.05, 3.63) is 23.8 Å². The van der Waals surface area contributed by atoms with Crippen molar-refractivity contribution in [1.82, 2.24) is 5.32 Å². The Kier molecular flexibility index (Phi) is 7.00. The molecule has 7 nitrogen and oxygen atoms in total. The molecular weight excluding hydrogens is 287 g/mol. The highest BCUT2D eigenvalue weighted by Gasteiger charge is 2.37. The average Bonchev–Trinajstić information content (AvgIpc) is 2.46. The molecule has 0 aromatic carbocycles. The lowest BCUT2D eigenvalue weighted by atomic mass is 9.72. The van der Waals surface area contributed by atoms with Gasteiger partial charge in [-0.1, -0.05) is 18.2 Å². The van der Waals surface area contributed by atoms with Crippen molar-refractivity contribution in [1.29, 1.82) is 5.41 Å². The summed E-state index contributed by atoms with van der Waals surface area (Å²) in [5.41, 5.74) is 0.323. The molecular formula is C14H21BN2O5. The van der Waals surface area contributed by atoms with Gasteiger partial charge in [0.05, 0.1) is 18.5 Å². The first-order chi connectivity index (χ1) is 10.3. The van der Waals surface area contributed by atoms with Crippen molar-refractivity contribution in [2.45, 2.75) is 45.2 Å². The molecule has 0 saturated carbocycles. The number of carbonyl (C=O) groups is 2. The third-order valence-corrected chi connectivity index (χ3v) is 3.35.